The van der Waals surface area contributed by atoms with Gasteiger partial charge in [-0.05, 0) is 25.7 Å². The van der Waals surface area contributed by atoms with Crippen molar-refractivity contribution in [2.75, 3.05) is 54.0 Å². The summed E-state index contributed by atoms with van der Waals surface area (Å²) < 4.78 is 5.12. The molecule has 0 aromatic rings. The zero-order valence-electron chi connectivity index (χ0n) is 15.1. The van der Waals surface area contributed by atoms with E-state index in [2.05, 4.69) is 4.90 Å². The summed E-state index contributed by atoms with van der Waals surface area (Å²) in [6, 6.07) is 0. The number of nitrogens with zero attached hydrogens (tertiary/aromatic N) is 4. The number of methoxy groups -OCH3 is 1. The Balaban J connectivity index is 1.72. The van der Waals surface area contributed by atoms with E-state index in [0.717, 1.165) is 31.8 Å². The summed E-state index contributed by atoms with van der Waals surface area (Å²) in [6.45, 7) is 5.11. The molecule has 24 heavy (non-hydrogen) atoms. The molecule has 2 aliphatic heterocycles. The first-order valence-electron chi connectivity index (χ1n) is 8.69. The number of carbonyl (C=O) groups is 2. The van der Waals surface area contributed by atoms with Crippen LogP contribution in [0.25, 0.3) is 0 Å². The topological polar surface area (TPSA) is 65.5 Å². The number of amides is 2. The lowest BCUT2D eigenvalue weighted by Gasteiger charge is -2.28. The smallest absolute Gasteiger partial charge is 0.256 e. The molecule has 2 heterocycles. The molecule has 0 bridgehead atoms. The highest BCUT2D eigenvalue weighted by atomic mass is 16.5. The summed E-state index contributed by atoms with van der Waals surface area (Å²) in [4.78, 5) is 35.5. The van der Waals surface area contributed by atoms with Crippen LogP contribution in [0.3, 0.4) is 0 Å². The minimum atomic E-state index is -0.599. The lowest BCUT2D eigenvalue weighted by Crippen LogP contribution is -2.47. The van der Waals surface area contributed by atoms with Crippen molar-refractivity contribution in [2.45, 2.75) is 25.3 Å². The highest BCUT2D eigenvalue weighted by Gasteiger charge is 2.60. The number of ether oxygens (including phenoxy) is 1. The number of hydrogen-bond acceptors (Lipinski definition) is 5. The van der Waals surface area contributed by atoms with Crippen molar-refractivity contribution in [3.63, 3.8) is 0 Å². The van der Waals surface area contributed by atoms with Crippen molar-refractivity contribution >= 4 is 17.6 Å². The number of aliphatic imine (C=N–C) groups is 1. The van der Waals surface area contributed by atoms with Gasteiger partial charge < -0.3 is 9.64 Å². The van der Waals surface area contributed by atoms with Gasteiger partial charge in [-0.2, -0.15) is 0 Å². The molecule has 7 heteroatoms. The molecule has 3 atom stereocenters. The van der Waals surface area contributed by atoms with E-state index < -0.39 is 5.54 Å². The van der Waals surface area contributed by atoms with Crippen molar-refractivity contribution in [3.8, 4) is 0 Å². The lowest BCUT2D eigenvalue weighted by atomic mass is 9.85. The number of carbonyl (C=O) groups excluding carboxylic acids is 2. The molecule has 1 aliphatic carbocycles. The molecule has 0 aromatic carbocycles. The van der Waals surface area contributed by atoms with E-state index in [0.29, 0.717) is 25.6 Å². The Labute approximate surface area is 143 Å². The third-order valence-electron chi connectivity index (χ3n) is 5.77. The third-order valence-corrected chi connectivity index (χ3v) is 5.77. The summed E-state index contributed by atoms with van der Waals surface area (Å²) >= 11 is 0. The predicted octanol–water partition coefficient (Wildman–Crippen LogP) is 0.0622. The van der Waals surface area contributed by atoms with Crippen LogP contribution in [-0.4, -0.2) is 91.9 Å². The molecule has 134 valence electrons. The Morgan fingerprint density at radius 1 is 1.42 bits per heavy atom. The molecule has 0 radical (unpaired) electrons. The summed E-state index contributed by atoms with van der Waals surface area (Å²) in [5.74, 6) is 1.74. The van der Waals surface area contributed by atoms with E-state index in [9.17, 15) is 9.59 Å². The largest absolute Gasteiger partial charge is 0.383 e. The lowest BCUT2D eigenvalue weighted by molar-refractivity contribution is -0.132. The molecule has 0 aromatic heterocycles. The van der Waals surface area contributed by atoms with Gasteiger partial charge in [0.25, 0.3) is 5.91 Å². The highest BCUT2D eigenvalue weighted by Crippen LogP contribution is 2.50. The number of likely N-dealkylation sites (N-methyl/N-ethyl adjacent to an activating group) is 1. The van der Waals surface area contributed by atoms with Gasteiger partial charge in [-0.1, -0.05) is 0 Å². The van der Waals surface area contributed by atoms with Crippen LogP contribution < -0.4 is 0 Å². The SMILES string of the molecule is COCCN1C(=O)[C@@]2(CC[C@H]3CN(CC(=O)N(C)C)C[C@H]32)N=C1C. The monoisotopic (exact) mass is 336 g/mol. The maximum absolute atomic E-state index is 13.1. The van der Waals surface area contributed by atoms with Crippen molar-refractivity contribution < 1.29 is 14.3 Å². The van der Waals surface area contributed by atoms with E-state index in [-0.39, 0.29) is 17.7 Å². The fourth-order valence-corrected chi connectivity index (χ4v) is 4.47. The normalized spacial score (nSPS) is 32.6. The van der Waals surface area contributed by atoms with Crippen LogP contribution >= 0.6 is 0 Å². The van der Waals surface area contributed by atoms with Gasteiger partial charge in [-0.3, -0.25) is 24.4 Å². The third kappa shape index (κ3) is 2.73. The summed E-state index contributed by atoms with van der Waals surface area (Å²) in [7, 11) is 5.20. The first kappa shape index (κ1) is 17.4. The van der Waals surface area contributed by atoms with Crippen molar-refractivity contribution in [2.24, 2.45) is 16.8 Å². The fraction of sp³-hybridized carbons (Fsp3) is 0.824. The van der Waals surface area contributed by atoms with Crippen LogP contribution in [-0.2, 0) is 14.3 Å². The Hall–Kier alpha value is -1.47. The number of fused-ring (bicyclic) bond motifs is 2. The summed E-state index contributed by atoms with van der Waals surface area (Å²) in [5.41, 5.74) is -0.599. The Morgan fingerprint density at radius 3 is 2.83 bits per heavy atom. The van der Waals surface area contributed by atoms with Gasteiger partial charge in [0.1, 0.15) is 11.4 Å². The number of rotatable bonds is 5. The molecule has 1 saturated carbocycles. The van der Waals surface area contributed by atoms with Crippen molar-refractivity contribution in [1.29, 1.82) is 0 Å². The van der Waals surface area contributed by atoms with Crippen LogP contribution in [0.2, 0.25) is 0 Å². The summed E-state index contributed by atoms with van der Waals surface area (Å²) in [6.07, 6.45) is 1.84. The standard InChI is InChI=1S/C17H28N4O3/c1-12-18-17(16(23)21(12)7-8-24-4)6-5-13-9-20(10-14(13)17)11-15(22)19(2)3/h13-14H,5-11H2,1-4H3/t13-,14+,17-/m0/s1. The van der Waals surface area contributed by atoms with Crippen molar-refractivity contribution in [1.82, 2.24) is 14.7 Å². The van der Waals surface area contributed by atoms with Gasteiger partial charge in [0.2, 0.25) is 5.91 Å². The fourth-order valence-electron chi connectivity index (χ4n) is 4.47. The maximum atomic E-state index is 13.1. The molecule has 0 unspecified atom stereocenters. The second-order valence-electron chi connectivity index (χ2n) is 7.42. The molecular weight excluding hydrogens is 308 g/mol. The van der Waals surface area contributed by atoms with E-state index in [4.69, 9.17) is 9.73 Å². The minimum absolute atomic E-state index is 0.114. The Bertz CT molecular complexity index is 562. The molecule has 1 spiro atoms. The zero-order chi connectivity index (χ0) is 17.5. The molecule has 1 saturated heterocycles. The molecule has 3 rings (SSSR count). The van der Waals surface area contributed by atoms with Gasteiger partial charge in [0, 0.05) is 40.2 Å². The first-order chi connectivity index (χ1) is 11.4. The Kier molecular flexibility index (Phi) is 4.66. The average Bonchev–Trinajstić information content (AvgIpc) is 3.14. The van der Waals surface area contributed by atoms with Crippen molar-refractivity contribution in [3.05, 3.63) is 0 Å². The van der Waals surface area contributed by atoms with Crippen LogP contribution in [0, 0.1) is 11.8 Å². The first-order valence-corrected chi connectivity index (χ1v) is 8.69. The van der Waals surface area contributed by atoms with Crippen LogP contribution in [0.1, 0.15) is 19.8 Å². The van der Waals surface area contributed by atoms with Gasteiger partial charge >= 0.3 is 0 Å². The van der Waals surface area contributed by atoms with Crippen LogP contribution in [0.15, 0.2) is 4.99 Å². The van der Waals surface area contributed by atoms with E-state index in [1.807, 2.05) is 6.92 Å². The maximum Gasteiger partial charge on any atom is 0.256 e. The van der Waals surface area contributed by atoms with Gasteiger partial charge in [0.05, 0.1) is 19.7 Å². The molecule has 2 amide bonds. The Morgan fingerprint density at radius 2 is 2.17 bits per heavy atom. The zero-order valence-corrected chi connectivity index (χ0v) is 15.1. The second kappa shape index (κ2) is 6.44. The van der Waals surface area contributed by atoms with Gasteiger partial charge in [-0.15, -0.1) is 0 Å². The van der Waals surface area contributed by atoms with E-state index in [1.165, 1.54) is 0 Å². The number of hydrogen-bond donors (Lipinski definition) is 0. The number of amidine groups is 1. The molecule has 0 N–H and O–H groups in total. The summed E-state index contributed by atoms with van der Waals surface area (Å²) in [5, 5.41) is 0. The molecule has 3 aliphatic rings. The van der Waals surface area contributed by atoms with Crippen LogP contribution in [0.4, 0.5) is 0 Å². The highest BCUT2D eigenvalue weighted by molar-refractivity contribution is 6.07. The quantitative estimate of drug-likeness (QED) is 0.712. The molecule has 2 fully saturated rings. The molecule has 7 nitrogen and oxygen atoms in total. The van der Waals surface area contributed by atoms with Crippen LogP contribution in [0.5, 0.6) is 0 Å². The predicted molar refractivity (Wildman–Crippen MR) is 90.8 cm³/mol. The van der Waals surface area contributed by atoms with Gasteiger partial charge in [-0.25, -0.2) is 0 Å². The number of likely N-dealkylation sites (tertiary alicyclic amines) is 1. The van der Waals surface area contributed by atoms with E-state index >= 15 is 0 Å². The van der Waals surface area contributed by atoms with Gasteiger partial charge in [0.15, 0.2) is 0 Å². The minimum Gasteiger partial charge on any atom is -0.383 e. The second-order valence-corrected chi connectivity index (χ2v) is 7.42. The van der Waals surface area contributed by atoms with E-state index in [1.54, 1.807) is 31.0 Å². The molecular formula is C17H28N4O3. The average molecular weight is 336 g/mol.